The third-order valence-corrected chi connectivity index (χ3v) is 4.16. The van der Waals surface area contributed by atoms with Crippen LogP contribution in [0.3, 0.4) is 0 Å². The van der Waals surface area contributed by atoms with Crippen LogP contribution in [0.25, 0.3) is 11.4 Å². The summed E-state index contributed by atoms with van der Waals surface area (Å²) in [6.07, 6.45) is 0. The maximum atomic E-state index is 13.2. The van der Waals surface area contributed by atoms with Crippen LogP contribution in [0.4, 0.5) is 8.78 Å². The van der Waals surface area contributed by atoms with E-state index in [1.807, 2.05) is 13.8 Å². The zero-order valence-electron chi connectivity index (χ0n) is 10.2. The second kappa shape index (κ2) is 5.66. The maximum Gasteiger partial charge on any atom is 0.161 e. The molecule has 1 heterocycles. The van der Waals surface area contributed by atoms with E-state index in [1.165, 1.54) is 12.1 Å². The van der Waals surface area contributed by atoms with Gasteiger partial charge in [-0.25, -0.2) is 18.7 Å². The summed E-state index contributed by atoms with van der Waals surface area (Å²) in [5, 5.41) is 0.291. The van der Waals surface area contributed by atoms with E-state index in [0.717, 1.165) is 15.3 Å². The van der Waals surface area contributed by atoms with Gasteiger partial charge in [-0.2, -0.15) is 0 Å². The zero-order chi connectivity index (χ0) is 14.2. The van der Waals surface area contributed by atoms with Crippen LogP contribution < -0.4 is 0 Å². The maximum absolute atomic E-state index is 13.2. The molecule has 0 spiro atoms. The Morgan fingerprint density at radius 3 is 2.21 bits per heavy atom. The van der Waals surface area contributed by atoms with Gasteiger partial charge in [-0.1, -0.05) is 25.4 Å². The fraction of sp³-hybridized carbons (Fsp3) is 0.231. The molecule has 0 fully saturated rings. The van der Waals surface area contributed by atoms with Gasteiger partial charge < -0.3 is 0 Å². The van der Waals surface area contributed by atoms with Gasteiger partial charge in [0.25, 0.3) is 0 Å². The molecule has 0 bridgehead atoms. The van der Waals surface area contributed by atoms with Crippen LogP contribution >= 0.6 is 34.2 Å². The van der Waals surface area contributed by atoms with Crippen LogP contribution in [0.5, 0.6) is 0 Å². The highest BCUT2D eigenvalue weighted by Crippen LogP contribution is 2.28. The summed E-state index contributed by atoms with van der Waals surface area (Å²) in [6.45, 7) is 3.94. The molecule has 2 aromatic rings. The lowest BCUT2D eigenvalue weighted by molar-refractivity contribution is 0.584. The minimum atomic E-state index is -0.667. The molecule has 0 unspecified atom stereocenters. The Morgan fingerprint density at radius 2 is 1.68 bits per heavy atom. The summed E-state index contributed by atoms with van der Waals surface area (Å²) >= 11 is 8.11. The average molecular weight is 395 g/mol. The molecule has 0 aliphatic heterocycles. The lowest BCUT2D eigenvalue weighted by Gasteiger charge is -2.11. The molecular weight excluding hydrogens is 385 g/mol. The van der Waals surface area contributed by atoms with Gasteiger partial charge >= 0.3 is 0 Å². The van der Waals surface area contributed by atoms with Crippen molar-refractivity contribution >= 4 is 34.2 Å². The number of rotatable bonds is 2. The van der Waals surface area contributed by atoms with Gasteiger partial charge in [0.15, 0.2) is 5.82 Å². The fourth-order valence-electron chi connectivity index (χ4n) is 1.63. The Balaban J connectivity index is 2.62. The third kappa shape index (κ3) is 3.20. The van der Waals surface area contributed by atoms with Crippen LogP contribution in [0, 0.1) is 15.2 Å². The number of hydrogen-bond donors (Lipinski definition) is 0. The first kappa shape index (κ1) is 14.6. The van der Waals surface area contributed by atoms with Crippen LogP contribution in [-0.2, 0) is 0 Å². The quantitative estimate of drug-likeness (QED) is 0.540. The van der Waals surface area contributed by atoms with Gasteiger partial charge in [-0.05, 0) is 40.6 Å². The van der Waals surface area contributed by atoms with E-state index < -0.39 is 11.6 Å². The van der Waals surface area contributed by atoms with E-state index in [4.69, 9.17) is 11.6 Å². The predicted molar refractivity (Wildman–Crippen MR) is 79.2 cm³/mol. The Bertz CT molecular complexity index is 612. The second-order valence-electron chi connectivity index (χ2n) is 4.35. The molecule has 2 nitrogen and oxygen atoms in total. The van der Waals surface area contributed by atoms with E-state index in [0.29, 0.717) is 5.15 Å². The first-order valence-electron chi connectivity index (χ1n) is 5.58. The van der Waals surface area contributed by atoms with Gasteiger partial charge in [-0.15, -0.1) is 0 Å². The molecule has 0 aliphatic rings. The molecule has 0 N–H and O–H groups in total. The van der Waals surface area contributed by atoms with Crippen LogP contribution in [0.15, 0.2) is 18.2 Å². The number of halogens is 4. The van der Waals surface area contributed by atoms with Crippen LogP contribution in [0.2, 0.25) is 5.15 Å². The number of nitrogens with zero attached hydrogens (tertiary/aromatic N) is 2. The van der Waals surface area contributed by atoms with Crippen molar-refractivity contribution in [1.82, 2.24) is 9.97 Å². The summed E-state index contributed by atoms with van der Waals surface area (Å²) in [7, 11) is 0. The molecular formula is C13H10ClF2IN2. The summed E-state index contributed by atoms with van der Waals surface area (Å²) in [5.41, 5.74) is 1.04. The van der Waals surface area contributed by atoms with Crippen molar-refractivity contribution in [3.8, 4) is 11.4 Å². The van der Waals surface area contributed by atoms with Crippen LogP contribution in [0.1, 0.15) is 25.5 Å². The summed E-state index contributed by atoms with van der Waals surface area (Å²) < 4.78 is 27.2. The molecule has 1 aromatic carbocycles. The van der Waals surface area contributed by atoms with Gasteiger partial charge in [0, 0.05) is 11.6 Å². The Labute approximate surface area is 128 Å². The SMILES string of the molecule is CC(C)c1nc(-c2cc(F)cc(F)c2)nc(Cl)c1I. The molecule has 1 aromatic heterocycles. The number of hydrogen-bond acceptors (Lipinski definition) is 2. The zero-order valence-corrected chi connectivity index (χ0v) is 13.1. The van der Waals surface area contributed by atoms with Crippen molar-refractivity contribution in [2.45, 2.75) is 19.8 Å². The second-order valence-corrected chi connectivity index (χ2v) is 5.79. The van der Waals surface area contributed by atoms with Gasteiger partial charge in [0.1, 0.15) is 16.8 Å². The standard InChI is InChI=1S/C13H10ClF2IN2/c1-6(2)11-10(17)12(14)19-13(18-11)7-3-8(15)5-9(16)4-7/h3-6H,1-2H3. The van der Waals surface area contributed by atoms with Gasteiger partial charge in [-0.3, -0.25) is 0 Å². The summed E-state index contributed by atoms with van der Waals surface area (Å²) in [6, 6.07) is 3.18. The highest BCUT2D eigenvalue weighted by atomic mass is 127. The molecule has 0 radical (unpaired) electrons. The van der Waals surface area contributed by atoms with Crippen LogP contribution in [-0.4, -0.2) is 9.97 Å². The van der Waals surface area contributed by atoms with Crippen molar-refractivity contribution in [3.63, 3.8) is 0 Å². The Kier molecular flexibility index (Phi) is 4.35. The van der Waals surface area contributed by atoms with Gasteiger partial charge in [0.05, 0.1) is 9.26 Å². The van der Waals surface area contributed by atoms with E-state index in [9.17, 15) is 8.78 Å². The molecule has 2 rings (SSSR count). The molecule has 19 heavy (non-hydrogen) atoms. The van der Waals surface area contributed by atoms with E-state index in [1.54, 1.807) is 0 Å². The Morgan fingerprint density at radius 1 is 1.11 bits per heavy atom. The largest absolute Gasteiger partial charge is 0.232 e. The van der Waals surface area contributed by atoms with Crippen molar-refractivity contribution < 1.29 is 8.78 Å². The monoisotopic (exact) mass is 394 g/mol. The molecule has 100 valence electrons. The third-order valence-electron chi connectivity index (χ3n) is 2.50. The highest BCUT2D eigenvalue weighted by Gasteiger charge is 2.15. The van der Waals surface area contributed by atoms with Crippen molar-refractivity contribution in [2.75, 3.05) is 0 Å². The predicted octanol–water partition coefficient (Wildman–Crippen LogP) is 4.80. The Hall–Kier alpha value is -0.820. The normalized spacial score (nSPS) is 11.1. The first-order valence-corrected chi connectivity index (χ1v) is 7.03. The number of benzene rings is 1. The van der Waals surface area contributed by atoms with E-state index in [-0.39, 0.29) is 17.3 Å². The highest BCUT2D eigenvalue weighted by molar-refractivity contribution is 14.1. The minimum Gasteiger partial charge on any atom is -0.232 e. The molecule has 0 saturated carbocycles. The van der Waals surface area contributed by atoms with Gasteiger partial charge in [0.2, 0.25) is 0 Å². The summed E-state index contributed by atoms with van der Waals surface area (Å²) in [5.74, 6) is -0.962. The molecule has 0 atom stereocenters. The topological polar surface area (TPSA) is 25.8 Å². The smallest absolute Gasteiger partial charge is 0.161 e. The summed E-state index contributed by atoms with van der Waals surface area (Å²) in [4.78, 5) is 8.43. The first-order chi connectivity index (χ1) is 8.88. The van der Waals surface area contributed by atoms with Crippen molar-refractivity contribution in [2.24, 2.45) is 0 Å². The van der Waals surface area contributed by atoms with E-state index in [2.05, 4.69) is 32.6 Å². The lowest BCUT2D eigenvalue weighted by Crippen LogP contribution is -2.03. The number of aromatic nitrogens is 2. The minimum absolute atomic E-state index is 0.143. The van der Waals surface area contributed by atoms with Crippen molar-refractivity contribution in [1.29, 1.82) is 0 Å². The fourth-order valence-corrected chi connectivity index (χ4v) is 2.67. The average Bonchev–Trinajstić information content (AvgIpc) is 2.30. The lowest BCUT2D eigenvalue weighted by atomic mass is 10.1. The van der Waals surface area contributed by atoms with E-state index >= 15 is 0 Å². The molecule has 0 saturated heterocycles. The van der Waals surface area contributed by atoms with Crippen molar-refractivity contribution in [3.05, 3.63) is 44.3 Å². The molecule has 0 aliphatic carbocycles. The molecule has 6 heteroatoms. The molecule has 0 amide bonds.